The van der Waals surface area contributed by atoms with Crippen molar-refractivity contribution in [3.8, 4) is 0 Å². The molecule has 0 radical (unpaired) electrons. The van der Waals surface area contributed by atoms with Crippen LogP contribution in [0.4, 0.5) is 0 Å². The van der Waals surface area contributed by atoms with Gasteiger partial charge >= 0.3 is 0 Å². The Morgan fingerprint density at radius 3 is 1.59 bits per heavy atom. The van der Waals surface area contributed by atoms with E-state index in [1.165, 1.54) is 57.8 Å². The minimum atomic E-state index is 0.943. The zero-order chi connectivity index (χ0) is 13.1. The van der Waals surface area contributed by atoms with Gasteiger partial charge in [0.2, 0.25) is 0 Å². The standard InChI is InChI=1S/C17H36/c1-6-10-13-16(9-4)15(5)17(12-8-3)14-11-7-2/h15-17H,6-14H2,1-5H3. The van der Waals surface area contributed by atoms with Crippen LogP contribution in [-0.2, 0) is 0 Å². The van der Waals surface area contributed by atoms with Gasteiger partial charge in [0, 0.05) is 0 Å². The largest absolute Gasteiger partial charge is 0.0654 e. The van der Waals surface area contributed by atoms with E-state index < -0.39 is 0 Å². The zero-order valence-electron chi connectivity index (χ0n) is 13.1. The van der Waals surface area contributed by atoms with E-state index in [-0.39, 0.29) is 0 Å². The van der Waals surface area contributed by atoms with Crippen LogP contribution in [0.3, 0.4) is 0 Å². The van der Waals surface area contributed by atoms with Crippen molar-refractivity contribution in [3.63, 3.8) is 0 Å². The normalized spacial score (nSPS) is 16.8. The molecule has 17 heavy (non-hydrogen) atoms. The highest BCUT2D eigenvalue weighted by Crippen LogP contribution is 2.33. The number of hydrogen-bond donors (Lipinski definition) is 0. The molecule has 3 unspecified atom stereocenters. The van der Waals surface area contributed by atoms with Crippen LogP contribution in [0.2, 0.25) is 0 Å². The maximum atomic E-state index is 2.53. The second-order valence-corrected chi connectivity index (χ2v) is 5.86. The molecule has 0 rings (SSSR count). The van der Waals surface area contributed by atoms with Crippen LogP contribution in [0.1, 0.15) is 92.4 Å². The molecule has 0 bridgehead atoms. The number of unbranched alkanes of at least 4 members (excludes halogenated alkanes) is 2. The summed E-state index contributed by atoms with van der Waals surface area (Å²) in [4.78, 5) is 0. The first-order chi connectivity index (χ1) is 8.21. The van der Waals surface area contributed by atoms with E-state index in [1.54, 1.807) is 0 Å². The molecule has 104 valence electrons. The molecule has 0 heteroatoms. The summed E-state index contributed by atoms with van der Waals surface area (Å²) in [6.07, 6.45) is 12.7. The molecule has 0 aromatic heterocycles. The lowest BCUT2D eigenvalue weighted by molar-refractivity contribution is 0.199. The number of rotatable bonds is 11. The average Bonchev–Trinajstić information content (AvgIpc) is 2.35. The third-order valence-electron chi connectivity index (χ3n) is 4.53. The van der Waals surface area contributed by atoms with Gasteiger partial charge in [-0.25, -0.2) is 0 Å². The van der Waals surface area contributed by atoms with Gasteiger partial charge in [0.05, 0.1) is 0 Å². The summed E-state index contributed by atoms with van der Waals surface area (Å²) in [6, 6.07) is 0. The molecule has 0 aliphatic rings. The fourth-order valence-electron chi connectivity index (χ4n) is 3.20. The van der Waals surface area contributed by atoms with Crippen molar-refractivity contribution in [2.24, 2.45) is 17.8 Å². The van der Waals surface area contributed by atoms with E-state index in [0.29, 0.717) is 0 Å². The van der Waals surface area contributed by atoms with Crippen molar-refractivity contribution in [1.29, 1.82) is 0 Å². The molecule has 3 atom stereocenters. The van der Waals surface area contributed by atoms with Crippen LogP contribution in [0, 0.1) is 17.8 Å². The lowest BCUT2D eigenvalue weighted by Gasteiger charge is -2.31. The third kappa shape index (κ3) is 7.11. The van der Waals surface area contributed by atoms with Crippen LogP contribution in [0.25, 0.3) is 0 Å². The molecule has 0 fully saturated rings. The van der Waals surface area contributed by atoms with Crippen LogP contribution >= 0.6 is 0 Å². The van der Waals surface area contributed by atoms with Gasteiger partial charge in [-0.2, -0.15) is 0 Å². The predicted molar refractivity (Wildman–Crippen MR) is 80.4 cm³/mol. The molecule has 0 nitrogen and oxygen atoms in total. The first kappa shape index (κ1) is 17.0. The summed E-state index contributed by atoms with van der Waals surface area (Å²) >= 11 is 0. The van der Waals surface area contributed by atoms with E-state index in [9.17, 15) is 0 Å². The van der Waals surface area contributed by atoms with Crippen LogP contribution in [0.5, 0.6) is 0 Å². The lowest BCUT2D eigenvalue weighted by atomic mass is 9.75. The van der Waals surface area contributed by atoms with E-state index in [0.717, 1.165) is 17.8 Å². The summed E-state index contributed by atoms with van der Waals surface area (Å²) in [7, 11) is 0. The molecule has 0 saturated carbocycles. The summed E-state index contributed by atoms with van der Waals surface area (Å²) in [6.45, 7) is 11.9. The minimum Gasteiger partial charge on any atom is -0.0654 e. The first-order valence-electron chi connectivity index (χ1n) is 8.21. The summed E-state index contributed by atoms with van der Waals surface area (Å²) in [5, 5.41) is 0. The van der Waals surface area contributed by atoms with E-state index in [2.05, 4.69) is 34.6 Å². The van der Waals surface area contributed by atoms with Crippen molar-refractivity contribution in [2.75, 3.05) is 0 Å². The fraction of sp³-hybridized carbons (Fsp3) is 1.00. The molecule has 0 N–H and O–H groups in total. The van der Waals surface area contributed by atoms with Crippen LogP contribution < -0.4 is 0 Å². The lowest BCUT2D eigenvalue weighted by Crippen LogP contribution is -2.21. The van der Waals surface area contributed by atoms with Gasteiger partial charge in [0.15, 0.2) is 0 Å². The Kier molecular flexibility index (Phi) is 11.1. The Hall–Kier alpha value is 0. The second kappa shape index (κ2) is 11.1. The Morgan fingerprint density at radius 2 is 1.18 bits per heavy atom. The van der Waals surface area contributed by atoms with Crippen molar-refractivity contribution in [3.05, 3.63) is 0 Å². The van der Waals surface area contributed by atoms with Gasteiger partial charge in [-0.15, -0.1) is 0 Å². The molecular formula is C17H36. The van der Waals surface area contributed by atoms with Crippen molar-refractivity contribution >= 4 is 0 Å². The maximum absolute atomic E-state index is 2.53. The molecule has 0 aromatic rings. The second-order valence-electron chi connectivity index (χ2n) is 5.86. The summed E-state index contributed by atoms with van der Waals surface area (Å²) in [5.41, 5.74) is 0. The predicted octanol–water partition coefficient (Wildman–Crippen LogP) is 6.45. The summed E-state index contributed by atoms with van der Waals surface area (Å²) < 4.78 is 0. The molecule has 0 saturated heterocycles. The summed E-state index contributed by atoms with van der Waals surface area (Å²) in [5.74, 6) is 2.91. The Bertz CT molecular complexity index is 150. The van der Waals surface area contributed by atoms with Crippen LogP contribution in [-0.4, -0.2) is 0 Å². The molecule has 0 heterocycles. The number of hydrogen-bond acceptors (Lipinski definition) is 0. The molecule has 0 aromatic carbocycles. The average molecular weight is 240 g/mol. The quantitative estimate of drug-likeness (QED) is 0.389. The van der Waals surface area contributed by atoms with Crippen molar-refractivity contribution in [2.45, 2.75) is 92.4 Å². The molecule has 0 spiro atoms. The molecule has 0 aliphatic carbocycles. The van der Waals surface area contributed by atoms with Gasteiger partial charge < -0.3 is 0 Å². The van der Waals surface area contributed by atoms with E-state index >= 15 is 0 Å². The van der Waals surface area contributed by atoms with Gasteiger partial charge in [0.1, 0.15) is 0 Å². The van der Waals surface area contributed by atoms with Crippen LogP contribution in [0.15, 0.2) is 0 Å². The SMILES string of the molecule is CCCCC(CC)C(C)C(CCC)CCCC. The van der Waals surface area contributed by atoms with Gasteiger partial charge in [-0.05, 0) is 17.8 Å². The third-order valence-corrected chi connectivity index (χ3v) is 4.53. The van der Waals surface area contributed by atoms with Gasteiger partial charge in [-0.3, -0.25) is 0 Å². The van der Waals surface area contributed by atoms with Crippen molar-refractivity contribution in [1.82, 2.24) is 0 Å². The van der Waals surface area contributed by atoms with Gasteiger partial charge in [0.25, 0.3) is 0 Å². The highest BCUT2D eigenvalue weighted by Gasteiger charge is 2.23. The zero-order valence-corrected chi connectivity index (χ0v) is 13.1. The molecule has 0 amide bonds. The Morgan fingerprint density at radius 1 is 0.647 bits per heavy atom. The molecule has 0 aliphatic heterocycles. The maximum Gasteiger partial charge on any atom is -0.0386 e. The highest BCUT2D eigenvalue weighted by molar-refractivity contribution is 4.73. The first-order valence-corrected chi connectivity index (χ1v) is 8.21. The smallest absolute Gasteiger partial charge is 0.0386 e. The fourth-order valence-corrected chi connectivity index (χ4v) is 3.20. The van der Waals surface area contributed by atoms with E-state index in [4.69, 9.17) is 0 Å². The highest BCUT2D eigenvalue weighted by atomic mass is 14.3. The van der Waals surface area contributed by atoms with E-state index in [1.807, 2.05) is 0 Å². The minimum absolute atomic E-state index is 0.943. The monoisotopic (exact) mass is 240 g/mol. The van der Waals surface area contributed by atoms with Crippen molar-refractivity contribution < 1.29 is 0 Å². The molecular weight excluding hydrogens is 204 g/mol. The van der Waals surface area contributed by atoms with Gasteiger partial charge in [-0.1, -0.05) is 92.4 Å². The topological polar surface area (TPSA) is 0 Å². The Balaban J connectivity index is 4.26. The Labute approximate surface area is 111 Å².